The Hall–Kier alpha value is -1.57. The van der Waals surface area contributed by atoms with Crippen LogP contribution in [-0.2, 0) is 26.3 Å². The summed E-state index contributed by atoms with van der Waals surface area (Å²) in [6, 6.07) is 4.48. The molecule has 0 bridgehead atoms. The summed E-state index contributed by atoms with van der Waals surface area (Å²) >= 11 is 0. The van der Waals surface area contributed by atoms with E-state index < -0.39 is 8.60 Å². The van der Waals surface area contributed by atoms with Gasteiger partial charge in [0, 0.05) is 11.1 Å². The maximum absolute atomic E-state index is 6.44. The van der Waals surface area contributed by atoms with Crippen LogP contribution in [0, 0.1) is 0 Å². The lowest BCUT2D eigenvalue weighted by Crippen LogP contribution is -2.19. The molecular formula is C23H31O3P. The molecule has 0 radical (unpaired) electrons. The van der Waals surface area contributed by atoms with Crippen LogP contribution in [0.25, 0.3) is 0 Å². The van der Waals surface area contributed by atoms with Gasteiger partial charge in [-0.1, -0.05) is 71.9 Å². The van der Waals surface area contributed by atoms with Gasteiger partial charge in [-0.25, -0.2) is 0 Å². The Bertz CT molecular complexity index is 743. The second kappa shape index (κ2) is 7.45. The van der Waals surface area contributed by atoms with E-state index in [1.807, 2.05) is 18.2 Å². The fourth-order valence-electron chi connectivity index (χ4n) is 3.28. The van der Waals surface area contributed by atoms with E-state index in [4.69, 9.17) is 13.6 Å². The summed E-state index contributed by atoms with van der Waals surface area (Å²) in [5, 5.41) is 0. The van der Waals surface area contributed by atoms with Gasteiger partial charge in [-0.3, -0.25) is 4.52 Å². The van der Waals surface area contributed by atoms with Gasteiger partial charge in [-0.15, -0.1) is 6.58 Å². The van der Waals surface area contributed by atoms with Crippen molar-refractivity contribution in [2.45, 2.75) is 71.3 Å². The van der Waals surface area contributed by atoms with Crippen LogP contribution in [-0.4, -0.2) is 6.10 Å². The fourth-order valence-corrected chi connectivity index (χ4v) is 4.50. The number of allylic oxidation sites excluding steroid dienone is 3. The molecule has 3 nitrogen and oxygen atoms in total. The summed E-state index contributed by atoms with van der Waals surface area (Å²) in [6.45, 7) is 17.2. The molecule has 0 aromatic heterocycles. The zero-order chi connectivity index (χ0) is 19.8. The van der Waals surface area contributed by atoms with Crippen molar-refractivity contribution >= 4 is 8.60 Å². The van der Waals surface area contributed by atoms with Crippen LogP contribution in [0.4, 0.5) is 0 Å². The molecule has 3 rings (SSSR count). The third kappa shape index (κ3) is 4.47. The molecule has 2 aliphatic rings. The van der Waals surface area contributed by atoms with Crippen LogP contribution in [0.15, 0.2) is 48.8 Å². The van der Waals surface area contributed by atoms with Gasteiger partial charge in [0.25, 0.3) is 0 Å². The lowest BCUT2D eigenvalue weighted by atomic mass is 9.78. The SMILES string of the molecule is C=CCc1cc(C(C)(C)C)c(OP2OC3=CC=CCC3O2)c(C(C)(C)C)c1. The first kappa shape index (κ1) is 20.2. The zero-order valence-electron chi connectivity index (χ0n) is 17.3. The van der Waals surface area contributed by atoms with Crippen LogP contribution < -0.4 is 4.52 Å². The minimum atomic E-state index is -1.44. The van der Waals surface area contributed by atoms with Crippen LogP contribution in [0.2, 0.25) is 0 Å². The summed E-state index contributed by atoms with van der Waals surface area (Å²) < 4.78 is 18.5. The lowest BCUT2D eigenvalue weighted by Gasteiger charge is -2.30. The highest BCUT2D eigenvalue weighted by atomic mass is 31.2. The van der Waals surface area contributed by atoms with Gasteiger partial charge < -0.3 is 9.05 Å². The highest BCUT2D eigenvalue weighted by Crippen LogP contribution is 2.55. The van der Waals surface area contributed by atoms with Crippen molar-refractivity contribution < 1.29 is 13.6 Å². The molecule has 2 atom stereocenters. The van der Waals surface area contributed by atoms with E-state index in [2.05, 4.69) is 66.3 Å². The molecule has 1 aliphatic carbocycles. The molecule has 27 heavy (non-hydrogen) atoms. The van der Waals surface area contributed by atoms with Gasteiger partial charge in [-0.05, 0) is 35.3 Å². The predicted molar refractivity (Wildman–Crippen MR) is 113 cm³/mol. The first-order valence-electron chi connectivity index (χ1n) is 9.58. The third-order valence-electron chi connectivity index (χ3n) is 4.77. The monoisotopic (exact) mass is 386 g/mol. The number of hydrogen-bond donors (Lipinski definition) is 0. The van der Waals surface area contributed by atoms with Crippen molar-refractivity contribution in [1.82, 2.24) is 0 Å². The molecule has 2 unspecified atom stereocenters. The minimum Gasteiger partial charge on any atom is -0.419 e. The Balaban J connectivity index is 2.03. The van der Waals surface area contributed by atoms with Crippen LogP contribution >= 0.6 is 8.60 Å². The van der Waals surface area contributed by atoms with Crippen molar-refractivity contribution in [3.63, 3.8) is 0 Å². The Labute approximate surface area is 165 Å². The molecule has 0 saturated carbocycles. The number of benzene rings is 1. The van der Waals surface area contributed by atoms with E-state index in [1.165, 1.54) is 16.7 Å². The summed E-state index contributed by atoms with van der Waals surface area (Å²) in [6.07, 6.45) is 9.70. The highest BCUT2D eigenvalue weighted by Gasteiger charge is 2.38. The van der Waals surface area contributed by atoms with Crippen molar-refractivity contribution in [2.24, 2.45) is 0 Å². The quantitative estimate of drug-likeness (QED) is 0.417. The average molecular weight is 386 g/mol. The third-order valence-corrected chi connectivity index (χ3v) is 5.89. The molecule has 146 valence electrons. The standard InChI is InChI=1S/C23H31O3P/c1-8-11-16-14-17(22(2,3)4)21(18(15-16)23(5,6)7)26-27-24-19-12-9-10-13-20(19)25-27/h8-10,12,14-15,20H,1,11,13H2,2-7H3. The van der Waals surface area contributed by atoms with Gasteiger partial charge >= 0.3 is 8.60 Å². The minimum absolute atomic E-state index is 0.0164. The van der Waals surface area contributed by atoms with Crippen LogP contribution in [0.3, 0.4) is 0 Å². The number of fused-ring (bicyclic) bond motifs is 1. The Morgan fingerprint density at radius 3 is 2.30 bits per heavy atom. The Morgan fingerprint density at radius 2 is 1.78 bits per heavy atom. The van der Waals surface area contributed by atoms with Crippen LogP contribution in [0.5, 0.6) is 5.75 Å². The highest BCUT2D eigenvalue weighted by molar-refractivity contribution is 7.42. The van der Waals surface area contributed by atoms with E-state index in [0.717, 1.165) is 24.4 Å². The van der Waals surface area contributed by atoms with Gasteiger partial charge in [0.2, 0.25) is 0 Å². The normalized spacial score (nSPS) is 22.1. The summed E-state index contributed by atoms with van der Waals surface area (Å²) in [7, 11) is -1.44. The average Bonchev–Trinajstić information content (AvgIpc) is 2.96. The number of rotatable bonds is 4. The molecule has 0 amide bonds. The molecule has 1 fully saturated rings. The first-order chi connectivity index (χ1) is 12.6. The molecule has 4 heteroatoms. The maximum Gasteiger partial charge on any atom is 0.463 e. The first-order valence-corrected chi connectivity index (χ1v) is 10.7. The van der Waals surface area contributed by atoms with E-state index in [-0.39, 0.29) is 16.9 Å². The largest absolute Gasteiger partial charge is 0.463 e. The Morgan fingerprint density at radius 1 is 1.15 bits per heavy atom. The van der Waals surface area contributed by atoms with E-state index in [0.29, 0.717) is 0 Å². The lowest BCUT2D eigenvalue weighted by molar-refractivity contribution is 0.264. The van der Waals surface area contributed by atoms with E-state index in [9.17, 15) is 0 Å². The predicted octanol–water partition coefficient (Wildman–Crippen LogP) is 6.88. The molecule has 1 aromatic rings. The zero-order valence-corrected chi connectivity index (χ0v) is 18.2. The summed E-state index contributed by atoms with van der Waals surface area (Å²) in [5.74, 6) is 1.78. The molecule has 1 aliphatic heterocycles. The van der Waals surface area contributed by atoms with Crippen molar-refractivity contribution in [2.75, 3.05) is 0 Å². The smallest absolute Gasteiger partial charge is 0.419 e. The van der Waals surface area contributed by atoms with E-state index >= 15 is 0 Å². The van der Waals surface area contributed by atoms with Crippen molar-refractivity contribution in [3.8, 4) is 5.75 Å². The molecule has 1 saturated heterocycles. The summed E-state index contributed by atoms with van der Waals surface area (Å²) in [5.41, 5.74) is 3.50. The van der Waals surface area contributed by atoms with Gasteiger partial charge in [0.05, 0.1) is 0 Å². The van der Waals surface area contributed by atoms with Gasteiger partial charge in [0.15, 0.2) is 0 Å². The van der Waals surface area contributed by atoms with E-state index in [1.54, 1.807) is 0 Å². The summed E-state index contributed by atoms with van der Waals surface area (Å²) in [4.78, 5) is 0. The fraction of sp³-hybridized carbons (Fsp3) is 0.478. The van der Waals surface area contributed by atoms with Crippen LogP contribution in [0.1, 0.15) is 64.7 Å². The van der Waals surface area contributed by atoms with Gasteiger partial charge in [0.1, 0.15) is 17.6 Å². The molecular weight excluding hydrogens is 355 g/mol. The second-order valence-corrected chi connectivity index (χ2v) is 10.3. The van der Waals surface area contributed by atoms with Crippen molar-refractivity contribution in [1.29, 1.82) is 0 Å². The second-order valence-electron chi connectivity index (χ2n) is 9.25. The van der Waals surface area contributed by atoms with Gasteiger partial charge in [-0.2, -0.15) is 0 Å². The topological polar surface area (TPSA) is 27.7 Å². The Kier molecular flexibility index (Phi) is 5.57. The molecule has 0 spiro atoms. The van der Waals surface area contributed by atoms with Crippen molar-refractivity contribution in [3.05, 3.63) is 65.5 Å². The molecule has 0 N–H and O–H groups in total. The molecule has 1 aromatic carbocycles. The maximum atomic E-state index is 6.44. The molecule has 1 heterocycles. The number of hydrogen-bond acceptors (Lipinski definition) is 3.